The van der Waals surface area contributed by atoms with Gasteiger partial charge in [0.15, 0.2) is 0 Å². The number of pyridine rings is 1. The Labute approximate surface area is 68.6 Å². The van der Waals surface area contributed by atoms with Gasteiger partial charge in [0.05, 0.1) is 5.69 Å². The van der Waals surface area contributed by atoms with Gasteiger partial charge in [-0.3, -0.25) is 0 Å². The van der Waals surface area contributed by atoms with Crippen LogP contribution in [0, 0.1) is 13.8 Å². The van der Waals surface area contributed by atoms with Crippen molar-refractivity contribution >= 4 is 21.7 Å². The maximum Gasteiger partial charge on any atom is 0.123 e. The molecule has 0 aromatic carbocycles. The zero-order valence-electron chi connectivity index (χ0n) is 5.98. The van der Waals surface area contributed by atoms with E-state index >= 15 is 0 Å². The Kier molecular flexibility index (Phi) is 1.94. The van der Waals surface area contributed by atoms with Gasteiger partial charge in [-0.2, -0.15) is 0 Å². The summed E-state index contributed by atoms with van der Waals surface area (Å²) in [5.74, 6) is 0.582. The molecule has 1 heterocycles. The minimum atomic E-state index is 0.582. The lowest BCUT2D eigenvalue weighted by atomic mass is 10.2. The first-order valence-electron chi connectivity index (χ1n) is 3.00. The van der Waals surface area contributed by atoms with Gasteiger partial charge in [0, 0.05) is 4.47 Å². The molecule has 0 aliphatic rings. The largest absolute Gasteiger partial charge is 0.384 e. The Bertz CT molecular complexity index is 235. The second-order valence-electron chi connectivity index (χ2n) is 2.26. The molecule has 0 fully saturated rings. The zero-order chi connectivity index (χ0) is 7.72. The maximum atomic E-state index is 5.50. The van der Waals surface area contributed by atoms with Crippen LogP contribution in [0.5, 0.6) is 0 Å². The molecule has 0 unspecified atom stereocenters. The number of nitrogens with zero attached hydrogens (tertiary/aromatic N) is 1. The van der Waals surface area contributed by atoms with Gasteiger partial charge >= 0.3 is 0 Å². The smallest absolute Gasteiger partial charge is 0.123 e. The number of hydrogen-bond acceptors (Lipinski definition) is 2. The molecular weight excluding hydrogens is 192 g/mol. The first-order valence-corrected chi connectivity index (χ1v) is 3.80. The molecule has 2 N–H and O–H groups in total. The lowest BCUT2D eigenvalue weighted by Gasteiger charge is -2.01. The van der Waals surface area contributed by atoms with Crippen LogP contribution in [0.15, 0.2) is 10.5 Å². The number of halogens is 1. The summed E-state index contributed by atoms with van der Waals surface area (Å²) in [5, 5.41) is 0. The summed E-state index contributed by atoms with van der Waals surface area (Å²) >= 11 is 3.40. The first-order chi connectivity index (χ1) is 4.61. The topological polar surface area (TPSA) is 38.9 Å². The van der Waals surface area contributed by atoms with Crippen molar-refractivity contribution in [2.45, 2.75) is 13.8 Å². The van der Waals surface area contributed by atoms with Crippen LogP contribution in [0.3, 0.4) is 0 Å². The molecule has 1 aromatic rings. The molecule has 10 heavy (non-hydrogen) atoms. The lowest BCUT2D eigenvalue weighted by Crippen LogP contribution is -1.94. The Balaban J connectivity index is 3.31. The van der Waals surface area contributed by atoms with Crippen LogP contribution in [0.2, 0.25) is 0 Å². The van der Waals surface area contributed by atoms with E-state index in [2.05, 4.69) is 20.9 Å². The molecule has 0 radical (unpaired) electrons. The van der Waals surface area contributed by atoms with Crippen molar-refractivity contribution < 1.29 is 0 Å². The molecule has 0 saturated heterocycles. The third-order valence-corrected chi connectivity index (χ3v) is 2.52. The molecule has 2 nitrogen and oxygen atoms in total. The standard InChI is InChI=1S/C7H9BrN2/c1-4-3-6(9)10-5(2)7(4)8/h3H,1-2H3,(H2,9,10). The highest BCUT2D eigenvalue weighted by atomic mass is 79.9. The summed E-state index contributed by atoms with van der Waals surface area (Å²) in [7, 11) is 0. The van der Waals surface area contributed by atoms with Crippen molar-refractivity contribution in [1.82, 2.24) is 4.98 Å². The molecule has 0 aliphatic carbocycles. The number of anilines is 1. The molecule has 0 spiro atoms. The fourth-order valence-electron chi connectivity index (χ4n) is 0.846. The van der Waals surface area contributed by atoms with Crippen LogP contribution in [0.4, 0.5) is 5.82 Å². The fraction of sp³-hybridized carbons (Fsp3) is 0.286. The first kappa shape index (κ1) is 7.54. The molecule has 0 saturated carbocycles. The summed E-state index contributed by atoms with van der Waals surface area (Å²) in [6, 6.07) is 1.84. The summed E-state index contributed by atoms with van der Waals surface area (Å²) < 4.78 is 1.04. The summed E-state index contributed by atoms with van der Waals surface area (Å²) in [6.07, 6.45) is 0. The van der Waals surface area contributed by atoms with E-state index in [0.29, 0.717) is 5.82 Å². The molecule has 1 aromatic heterocycles. The van der Waals surface area contributed by atoms with Crippen LogP contribution < -0.4 is 5.73 Å². The molecule has 0 bridgehead atoms. The number of rotatable bonds is 0. The van der Waals surface area contributed by atoms with E-state index < -0.39 is 0 Å². The Morgan fingerprint density at radius 1 is 1.50 bits per heavy atom. The minimum absolute atomic E-state index is 0.582. The number of aryl methyl sites for hydroxylation is 2. The van der Waals surface area contributed by atoms with Crippen molar-refractivity contribution in [1.29, 1.82) is 0 Å². The van der Waals surface area contributed by atoms with E-state index in [-0.39, 0.29) is 0 Å². The second kappa shape index (κ2) is 2.58. The van der Waals surface area contributed by atoms with Gasteiger partial charge in [0.25, 0.3) is 0 Å². The van der Waals surface area contributed by atoms with Gasteiger partial charge in [-0.1, -0.05) is 0 Å². The predicted octanol–water partition coefficient (Wildman–Crippen LogP) is 2.04. The number of nitrogens with two attached hydrogens (primary N) is 1. The highest BCUT2D eigenvalue weighted by Gasteiger charge is 1.99. The Hall–Kier alpha value is -0.570. The minimum Gasteiger partial charge on any atom is -0.384 e. The maximum absolute atomic E-state index is 5.50. The molecule has 3 heteroatoms. The van der Waals surface area contributed by atoms with Gasteiger partial charge in [0.2, 0.25) is 0 Å². The Morgan fingerprint density at radius 3 is 2.60 bits per heavy atom. The summed E-state index contributed by atoms with van der Waals surface area (Å²) in [5.41, 5.74) is 7.57. The quantitative estimate of drug-likeness (QED) is 0.697. The van der Waals surface area contributed by atoms with E-state index in [4.69, 9.17) is 5.73 Å². The number of hydrogen-bond donors (Lipinski definition) is 1. The van der Waals surface area contributed by atoms with Crippen LogP contribution in [0.25, 0.3) is 0 Å². The van der Waals surface area contributed by atoms with Gasteiger partial charge in [-0.05, 0) is 41.4 Å². The van der Waals surface area contributed by atoms with E-state index in [1.54, 1.807) is 0 Å². The van der Waals surface area contributed by atoms with E-state index in [1.807, 2.05) is 19.9 Å². The highest BCUT2D eigenvalue weighted by Crippen LogP contribution is 2.20. The fourth-order valence-corrected chi connectivity index (χ4v) is 1.05. The second-order valence-corrected chi connectivity index (χ2v) is 3.06. The van der Waals surface area contributed by atoms with Crippen LogP contribution in [-0.4, -0.2) is 4.98 Å². The van der Waals surface area contributed by atoms with Gasteiger partial charge in [-0.15, -0.1) is 0 Å². The van der Waals surface area contributed by atoms with Crippen molar-refractivity contribution in [3.63, 3.8) is 0 Å². The number of aromatic nitrogens is 1. The van der Waals surface area contributed by atoms with Crippen LogP contribution >= 0.6 is 15.9 Å². The van der Waals surface area contributed by atoms with E-state index in [1.165, 1.54) is 0 Å². The van der Waals surface area contributed by atoms with E-state index in [9.17, 15) is 0 Å². The average molecular weight is 201 g/mol. The molecular formula is C7H9BrN2. The third kappa shape index (κ3) is 1.29. The molecule has 1 rings (SSSR count). The summed E-state index contributed by atoms with van der Waals surface area (Å²) in [6.45, 7) is 3.92. The predicted molar refractivity (Wildman–Crippen MR) is 45.8 cm³/mol. The monoisotopic (exact) mass is 200 g/mol. The third-order valence-electron chi connectivity index (χ3n) is 1.33. The van der Waals surface area contributed by atoms with Gasteiger partial charge in [-0.25, -0.2) is 4.98 Å². The van der Waals surface area contributed by atoms with Crippen molar-refractivity contribution in [2.24, 2.45) is 0 Å². The highest BCUT2D eigenvalue weighted by molar-refractivity contribution is 9.10. The van der Waals surface area contributed by atoms with Crippen LogP contribution in [-0.2, 0) is 0 Å². The molecule has 0 amide bonds. The van der Waals surface area contributed by atoms with Crippen LogP contribution in [0.1, 0.15) is 11.3 Å². The van der Waals surface area contributed by atoms with Crippen molar-refractivity contribution in [2.75, 3.05) is 5.73 Å². The molecule has 0 atom stereocenters. The SMILES string of the molecule is Cc1cc(N)nc(C)c1Br. The molecule has 0 aliphatic heterocycles. The zero-order valence-corrected chi connectivity index (χ0v) is 7.57. The van der Waals surface area contributed by atoms with E-state index in [0.717, 1.165) is 15.7 Å². The normalized spacial score (nSPS) is 9.90. The lowest BCUT2D eigenvalue weighted by molar-refractivity contribution is 1.16. The van der Waals surface area contributed by atoms with Crippen molar-refractivity contribution in [3.8, 4) is 0 Å². The average Bonchev–Trinajstić information content (AvgIpc) is 1.82. The molecule has 54 valence electrons. The Morgan fingerprint density at radius 2 is 2.10 bits per heavy atom. The summed E-state index contributed by atoms with van der Waals surface area (Å²) in [4.78, 5) is 4.06. The number of nitrogen functional groups attached to an aromatic ring is 1. The van der Waals surface area contributed by atoms with Crippen molar-refractivity contribution in [3.05, 3.63) is 21.8 Å². The van der Waals surface area contributed by atoms with Gasteiger partial charge in [0.1, 0.15) is 5.82 Å². The van der Waals surface area contributed by atoms with Gasteiger partial charge < -0.3 is 5.73 Å².